The second kappa shape index (κ2) is 6.88. The van der Waals surface area contributed by atoms with Gasteiger partial charge in [0.2, 0.25) is 5.96 Å². The van der Waals surface area contributed by atoms with Gasteiger partial charge >= 0.3 is 0 Å². The van der Waals surface area contributed by atoms with Crippen LogP contribution in [0.25, 0.3) is 32.9 Å². The number of aromatic amines is 1. The van der Waals surface area contributed by atoms with Gasteiger partial charge in [0.05, 0.1) is 16.7 Å². The van der Waals surface area contributed by atoms with Crippen molar-refractivity contribution >= 4 is 39.4 Å². The number of nitrogens with one attached hydrogen (secondary N) is 1. The second-order valence-corrected chi connectivity index (χ2v) is 6.25. The van der Waals surface area contributed by atoms with Crippen LogP contribution in [0.2, 0.25) is 0 Å². The highest BCUT2D eigenvalue weighted by molar-refractivity contribution is 6.04. The highest BCUT2D eigenvalue weighted by Gasteiger charge is 2.12. The first-order valence-electron chi connectivity index (χ1n) is 8.61. The van der Waals surface area contributed by atoms with Crippen molar-refractivity contribution in [3.63, 3.8) is 0 Å². The summed E-state index contributed by atoms with van der Waals surface area (Å²) >= 11 is 0. The number of para-hydroxylation sites is 2. The Labute approximate surface area is 160 Å². The molecule has 0 radical (unpaired) electrons. The Balaban J connectivity index is 2.06. The van der Waals surface area contributed by atoms with Crippen molar-refractivity contribution in [1.82, 2.24) is 4.98 Å². The Morgan fingerprint density at radius 2 is 1.46 bits per heavy atom. The van der Waals surface area contributed by atoms with E-state index in [1.165, 1.54) is 0 Å². The zero-order chi connectivity index (χ0) is 19.7. The van der Waals surface area contributed by atoms with Crippen molar-refractivity contribution in [2.45, 2.75) is 0 Å². The topological polar surface area (TPSA) is 136 Å². The zero-order valence-corrected chi connectivity index (χ0v) is 14.9. The Bertz CT molecular complexity index is 1300. The van der Waals surface area contributed by atoms with Crippen LogP contribution in [-0.4, -0.2) is 16.9 Å². The lowest BCUT2D eigenvalue weighted by Crippen LogP contribution is -2.26. The minimum atomic E-state index is -0.188. The van der Waals surface area contributed by atoms with Crippen LogP contribution >= 0.6 is 0 Å². The highest BCUT2D eigenvalue weighted by atomic mass is 16.1. The van der Waals surface area contributed by atoms with E-state index in [9.17, 15) is 4.79 Å². The van der Waals surface area contributed by atoms with Gasteiger partial charge in [0.15, 0.2) is 11.4 Å². The van der Waals surface area contributed by atoms with Crippen LogP contribution in [0.15, 0.2) is 81.5 Å². The van der Waals surface area contributed by atoms with Crippen molar-refractivity contribution < 1.29 is 0 Å². The maximum absolute atomic E-state index is 13.1. The fourth-order valence-electron chi connectivity index (χ4n) is 3.24. The third-order valence-corrected chi connectivity index (χ3v) is 4.41. The van der Waals surface area contributed by atoms with Gasteiger partial charge in [-0.3, -0.25) is 4.79 Å². The van der Waals surface area contributed by atoms with Gasteiger partial charge in [0, 0.05) is 16.3 Å². The minimum Gasteiger partial charge on any atom is -0.370 e. The number of guanidine groups is 2. The molecule has 0 saturated heterocycles. The van der Waals surface area contributed by atoms with Crippen LogP contribution in [-0.2, 0) is 0 Å². The van der Waals surface area contributed by atoms with Gasteiger partial charge in [-0.25, -0.2) is 4.99 Å². The summed E-state index contributed by atoms with van der Waals surface area (Å²) < 4.78 is 0. The molecule has 0 amide bonds. The van der Waals surface area contributed by atoms with Gasteiger partial charge in [-0.1, -0.05) is 48.5 Å². The average Bonchev–Trinajstić information content (AvgIpc) is 2.68. The normalized spacial score (nSPS) is 11.6. The monoisotopic (exact) mass is 370 g/mol. The number of nitrogens with zero attached hydrogens (tertiary/aromatic N) is 2. The number of hydrogen-bond donors (Lipinski definition) is 4. The smallest absolute Gasteiger partial charge is 0.223 e. The molecule has 7 nitrogen and oxygen atoms in total. The average molecular weight is 370 g/mol. The molecule has 4 aromatic rings. The molecule has 1 aromatic heterocycles. The van der Waals surface area contributed by atoms with E-state index in [0.717, 1.165) is 16.6 Å². The standard InChI is InChI=1S/C21H18N6O/c22-20(23)27-21(24)25-16-11-5-10-15-18(16)26-17-13(12-6-2-1-3-7-12)8-4-9-14(17)19(15)28/h1-11H,(H,26,28)(H6,22,23,24,25,27). The molecule has 0 atom stereocenters. The van der Waals surface area contributed by atoms with Gasteiger partial charge in [-0.15, -0.1) is 0 Å². The molecule has 0 fully saturated rings. The fraction of sp³-hybridized carbons (Fsp3) is 0. The van der Waals surface area contributed by atoms with E-state index in [4.69, 9.17) is 17.2 Å². The van der Waals surface area contributed by atoms with Crippen molar-refractivity contribution in [1.29, 1.82) is 0 Å². The van der Waals surface area contributed by atoms with Gasteiger partial charge < -0.3 is 22.2 Å². The van der Waals surface area contributed by atoms with Crippen LogP contribution in [0.1, 0.15) is 0 Å². The molecule has 0 aliphatic carbocycles. The molecule has 0 unspecified atom stereocenters. The maximum Gasteiger partial charge on any atom is 0.223 e. The van der Waals surface area contributed by atoms with Gasteiger partial charge in [-0.05, 0) is 23.8 Å². The number of aromatic nitrogens is 1. The largest absolute Gasteiger partial charge is 0.370 e. The SMILES string of the molecule is NC(N)=NC(N)=Nc1cccc2c(=O)c3cccc(-c4ccccc4)c3[nH]c12. The van der Waals surface area contributed by atoms with Crippen molar-refractivity contribution in [2.75, 3.05) is 0 Å². The van der Waals surface area contributed by atoms with Gasteiger partial charge in [-0.2, -0.15) is 4.99 Å². The van der Waals surface area contributed by atoms with Crippen LogP contribution in [0.5, 0.6) is 0 Å². The van der Waals surface area contributed by atoms with Crippen molar-refractivity contribution in [2.24, 2.45) is 27.2 Å². The van der Waals surface area contributed by atoms with Gasteiger partial charge in [0.1, 0.15) is 0 Å². The summed E-state index contributed by atoms with van der Waals surface area (Å²) in [5, 5.41) is 1.11. The van der Waals surface area contributed by atoms with Crippen LogP contribution in [0.3, 0.4) is 0 Å². The van der Waals surface area contributed by atoms with E-state index in [2.05, 4.69) is 15.0 Å². The number of H-pyrrole nitrogens is 1. The molecule has 138 valence electrons. The summed E-state index contributed by atoms with van der Waals surface area (Å²) in [6.07, 6.45) is 0. The molecule has 28 heavy (non-hydrogen) atoms. The van der Waals surface area contributed by atoms with Crippen LogP contribution in [0.4, 0.5) is 5.69 Å². The number of nitrogens with two attached hydrogens (primary N) is 3. The molecule has 3 aromatic carbocycles. The maximum atomic E-state index is 13.1. The quantitative estimate of drug-likeness (QED) is 0.245. The summed E-state index contributed by atoms with van der Waals surface area (Å²) in [6.45, 7) is 0. The van der Waals surface area contributed by atoms with E-state index >= 15 is 0 Å². The first kappa shape index (κ1) is 17.3. The lowest BCUT2D eigenvalue weighted by atomic mass is 10.0. The van der Waals surface area contributed by atoms with Crippen molar-refractivity contribution in [3.8, 4) is 11.1 Å². The Hall–Kier alpha value is -4.13. The summed E-state index contributed by atoms with van der Waals surface area (Å²) in [6, 6.07) is 20.8. The number of fused-ring (bicyclic) bond motifs is 2. The summed E-state index contributed by atoms with van der Waals surface area (Å²) in [4.78, 5) is 24.5. The Morgan fingerprint density at radius 3 is 2.18 bits per heavy atom. The van der Waals surface area contributed by atoms with E-state index in [1.54, 1.807) is 18.2 Å². The Kier molecular flexibility index (Phi) is 4.25. The molecule has 0 aliphatic rings. The van der Waals surface area contributed by atoms with E-state index in [-0.39, 0.29) is 17.3 Å². The molecule has 4 rings (SSSR count). The first-order chi connectivity index (χ1) is 13.5. The number of rotatable bonds is 2. The number of pyridine rings is 1. The number of benzene rings is 3. The molecule has 7 heteroatoms. The molecule has 0 aliphatic heterocycles. The van der Waals surface area contributed by atoms with Gasteiger partial charge in [0.25, 0.3) is 0 Å². The molecule has 0 bridgehead atoms. The third-order valence-electron chi connectivity index (χ3n) is 4.41. The minimum absolute atomic E-state index is 0.0843. The predicted octanol–water partition coefficient (Wildman–Crippen LogP) is 2.57. The van der Waals surface area contributed by atoms with E-state index in [1.807, 2.05) is 48.5 Å². The molecule has 7 N–H and O–H groups in total. The second-order valence-electron chi connectivity index (χ2n) is 6.25. The number of aliphatic imine (C=N–C) groups is 2. The molecular weight excluding hydrogens is 352 g/mol. The summed E-state index contributed by atoms with van der Waals surface area (Å²) in [5.41, 5.74) is 20.1. The molecule has 1 heterocycles. The van der Waals surface area contributed by atoms with Crippen LogP contribution in [0, 0.1) is 0 Å². The molecule has 0 saturated carbocycles. The predicted molar refractivity (Wildman–Crippen MR) is 115 cm³/mol. The lowest BCUT2D eigenvalue weighted by Gasteiger charge is -2.10. The van der Waals surface area contributed by atoms with E-state index in [0.29, 0.717) is 22.0 Å². The summed E-state index contributed by atoms with van der Waals surface area (Å²) in [5.74, 6) is -0.281. The first-order valence-corrected chi connectivity index (χ1v) is 8.61. The van der Waals surface area contributed by atoms with E-state index < -0.39 is 0 Å². The Morgan fingerprint density at radius 1 is 0.786 bits per heavy atom. The number of hydrogen-bond acceptors (Lipinski definition) is 2. The molecular formula is C21H18N6O. The van der Waals surface area contributed by atoms with Crippen LogP contribution < -0.4 is 22.6 Å². The fourth-order valence-corrected chi connectivity index (χ4v) is 3.24. The zero-order valence-electron chi connectivity index (χ0n) is 14.9. The molecule has 0 spiro atoms. The third kappa shape index (κ3) is 3.05. The van der Waals surface area contributed by atoms with Crippen molar-refractivity contribution in [3.05, 3.63) is 77.0 Å². The summed E-state index contributed by atoms with van der Waals surface area (Å²) in [7, 11) is 0. The lowest BCUT2D eigenvalue weighted by molar-refractivity contribution is 1.37. The highest BCUT2D eigenvalue weighted by Crippen LogP contribution is 2.30.